The molecule has 1 rings (SSSR count). The number of nitrogens with one attached hydrogen (secondary N) is 1. The molecule has 1 amide bonds. The Kier molecular flexibility index (Phi) is 5.72. The zero-order chi connectivity index (χ0) is 13.7. The van der Waals surface area contributed by atoms with E-state index in [2.05, 4.69) is 5.32 Å². The van der Waals surface area contributed by atoms with Gasteiger partial charge in [-0.3, -0.25) is 4.79 Å². The van der Waals surface area contributed by atoms with Crippen LogP contribution in [0.3, 0.4) is 0 Å². The lowest BCUT2D eigenvalue weighted by Gasteiger charge is -2.14. The van der Waals surface area contributed by atoms with Crippen molar-refractivity contribution in [3.8, 4) is 0 Å². The number of amides is 1. The Morgan fingerprint density at radius 2 is 2.17 bits per heavy atom. The normalized spacial score (nSPS) is 12.1. The first-order valence-electron chi connectivity index (χ1n) is 5.44. The van der Waals surface area contributed by atoms with E-state index < -0.39 is 6.10 Å². The van der Waals surface area contributed by atoms with Crippen LogP contribution in [0.4, 0.5) is 5.69 Å². The Hall–Kier alpha value is -0.970. The molecule has 18 heavy (non-hydrogen) atoms. The van der Waals surface area contributed by atoms with Crippen molar-refractivity contribution in [2.75, 3.05) is 31.8 Å². The number of rotatable bonds is 5. The van der Waals surface area contributed by atoms with Crippen molar-refractivity contribution in [2.45, 2.75) is 6.10 Å². The summed E-state index contributed by atoms with van der Waals surface area (Å²) in [7, 11) is 3.33. The minimum absolute atomic E-state index is 0.157. The second-order valence-electron chi connectivity index (χ2n) is 4.08. The zero-order valence-corrected chi connectivity index (χ0v) is 11.8. The predicted molar refractivity (Wildman–Crippen MR) is 74.7 cm³/mol. The molecule has 4 nitrogen and oxygen atoms in total. The third kappa shape index (κ3) is 4.05. The first kappa shape index (κ1) is 15.1. The van der Waals surface area contributed by atoms with Gasteiger partial charge in [-0.15, -0.1) is 11.6 Å². The second-order valence-corrected chi connectivity index (χ2v) is 4.80. The number of carbonyl (C=O) groups is 1. The quantitative estimate of drug-likeness (QED) is 0.816. The van der Waals surface area contributed by atoms with Crippen molar-refractivity contribution in [2.24, 2.45) is 0 Å². The maximum atomic E-state index is 11.9. The topological polar surface area (TPSA) is 52.6 Å². The molecule has 0 saturated heterocycles. The first-order chi connectivity index (χ1) is 8.45. The molecule has 0 aliphatic carbocycles. The van der Waals surface area contributed by atoms with E-state index in [9.17, 15) is 9.90 Å². The highest BCUT2D eigenvalue weighted by Crippen LogP contribution is 2.21. The molecule has 1 atom stereocenters. The van der Waals surface area contributed by atoms with Gasteiger partial charge in [-0.2, -0.15) is 0 Å². The number of benzene rings is 1. The number of hydrogen-bond donors (Lipinski definition) is 2. The van der Waals surface area contributed by atoms with E-state index in [1.807, 2.05) is 0 Å². The van der Waals surface area contributed by atoms with Gasteiger partial charge < -0.3 is 15.3 Å². The molecule has 1 aromatic rings. The Morgan fingerprint density at radius 1 is 1.50 bits per heavy atom. The lowest BCUT2D eigenvalue weighted by atomic mass is 10.1. The van der Waals surface area contributed by atoms with Crippen LogP contribution in [0.25, 0.3) is 0 Å². The fourth-order valence-corrected chi connectivity index (χ4v) is 1.64. The fraction of sp³-hybridized carbons (Fsp3) is 0.417. The van der Waals surface area contributed by atoms with Crippen molar-refractivity contribution in [3.63, 3.8) is 0 Å². The molecule has 0 spiro atoms. The van der Waals surface area contributed by atoms with E-state index in [-0.39, 0.29) is 11.8 Å². The van der Waals surface area contributed by atoms with Crippen LogP contribution < -0.4 is 5.32 Å². The van der Waals surface area contributed by atoms with Gasteiger partial charge in [-0.25, -0.2) is 0 Å². The smallest absolute Gasteiger partial charge is 0.254 e. The van der Waals surface area contributed by atoms with E-state index in [0.29, 0.717) is 22.8 Å². The summed E-state index contributed by atoms with van der Waals surface area (Å²) in [5.41, 5.74) is 1.14. The Bertz CT molecular complexity index is 425. The Balaban J connectivity index is 2.84. The van der Waals surface area contributed by atoms with E-state index in [1.165, 1.54) is 4.90 Å². The van der Waals surface area contributed by atoms with Crippen molar-refractivity contribution in [1.82, 2.24) is 4.90 Å². The highest BCUT2D eigenvalue weighted by Gasteiger charge is 2.13. The van der Waals surface area contributed by atoms with Crippen molar-refractivity contribution in [3.05, 3.63) is 28.8 Å². The third-order valence-electron chi connectivity index (χ3n) is 2.32. The molecular weight excluding hydrogens is 275 g/mol. The molecule has 6 heteroatoms. The van der Waals surface area contributed by atoms with Crippen LogP contribution >= 0.6 is 23.2 Å². The average molecular weight is 291 g/mol. The van der Waals surface area contributed by atoms with Crippen LogP contribution in [-0.2, 0) is 0 Å². The summed E-state index contributed by atoms with van der Waals surface area (Å²) in [5, 5.41) is 12.7. The SMILES string of the molecule is CN(C)C(=O)c1cc(NCC(O)CCl)ccc1Cl. The maximum Gasteiger partial charge on any atom is 0.254 e. The highest BCUT2D eigenvalue weighted by atomic mass is 35.5. The van der Waals surface area contributed by atoms with Gasteiger partial charge in [-0.1, -0.05) is 11.6 Å². The van der Waals surface area contributed by atoms with Gasteiger partial charge in [0.25, 0.3) is 5.91 Å². The fourth-order valence-electron chi connectivity index (χ4n) is 1.33. The molecule has 0 heterocycles. The van der Waals surface area contributed by atoms with Gasteiger partial charge in [0.1, 0.15) is 0 Å². The summed E-state index contributed by atoms with van der Waals surface area (Å²) < 4.78 is 0. The van der Waals surface area contributed by atoms with Gasteiger partial charge in [-0.05, 0) is 18.2 Å². The molecule has 0 radical (unpaired) electrons. The molecule has 1 unspecified atom stereocenters. The lowest BCUT2D eigenvalue weighted by Crippen LogP contribution is -2.23. The number of nitrogens with zero attached hydrogens (tertiary/aromatic N) is 1. The molecular formula is C12H16Cl2N2O2. The molecule has 1 aromatic carbocycles. The van der Waals surface area contributed by atoms with Gasteiger partial charge in [0.2, 0.25) is 0 Å². The van der Waals surface area contributed by atoms with Gasteiger partial charge in [0.15, 0.2) is 0 Å². The highest BCUT2D eigenvalue weighted by molar-refractivity contribution is 6.34. The number of carbonyl (C=O) groups excluding carboxylic acids is 1. The molecule has 100 valence electrons. The number of halogens is 2. The third-order valence-corrected chi connectivity index (χ3v) is 3.01. The number of hydrogen-bond acceptors (Lipinski definition) is 3. The molecule has 0 aromatic heterocycles. The van der Waals surface area contributed by atoms with E-state index in [0.717, 1.165) is 0 Å². The number of alkyl halides is 1. The average Bonchev–Trinajstić information content (AvgIpc) is 2.36. The van der Waals surface area contributed by atoms with Crippen LogP contribution in [0.1, 0.15) is 10.4 Å². The van der Waals surface area contributed by atoms with E-state index in [1.54, 1.807) is 32.3 Å². The summed E-state index contributed by atoms with van der Waals surface area (Å²) >= 11 is 11.5. The number of aliphatic hydroxyl groups is 1. The number of anilines is 1. The van der Waals surface area contributed by atoms with Crippen LogP contribution in [0.2, 0.25) is 5.02 Å². The number of aliphatic hydroxyl groups excluding tert-OH is 1. The largest absolute Gasteiger partial charge is 0.390 e. The van der Waals surface area contributed by atoms with Gasteiger partial charge in [0.05, 0.1) is 22.6 Å². The molecule has 0 saturated carbocycles. The predicted octanol–water partition coefficient (Wildman–Crippen LogP) is 2.05. The van der Waals surface area contributed by atoms with Crippen molar-refractivity contribution >= 4 is 34.8 Å². The molecule has 0 aliphatic rings. The van der Waals surface area contributed by atoms with Crippen LogP contribution in [0.15, 0.2) is 18.2 Å². The molecule has 0 fully saturated rings. The van der Waals surface area contributed by atoms with Crippen LogP contribution in [0.5, 0.6) is 0 Å². The summed E-state index contributed by atoms with van der Waals surface area (Å²) in [4.78, 5) is 13.3. The zero-order valence-electron chi connectivity index (χ0n) is 10.3. The molecule has 0 aliphatic heterocycles. The van der Waals surface area contributed by atoms with Crippen LogP contribution in [-0.4, -0.2) is 48.5 Å². The van der Waals surface area contributed by atoms with Crippen molar-refractivity contribution in [1.29, 1.82) is 0 Å². The van der Waals surface area contributed by atoms with E-state index >= 15 is 0 Å². The van der Waals surface area contributed by atoms with Gasteiger partial charge >= 0.3 is 0 Å². The monoisotopic (exact) mass is 290 g/mol. The first-order valence-corrected chi connectivity index (χ1v) is 6.36. The Labute approximate surface area is 116 Å². The summed E-state index contributed by atoms with van der Waals surface area (Å²) in [6, 6.07) is 5.05. The maximum absolute atomic E-state index is 11.9. The van der Waals surface area contributed by atoms with E-state index in [4.69, 9.17) is 23.2 Å². The summed E-state index contributed by atoms with van der Waals surface area (Å²) in [5.74, 6) is -0.00842. The second kappa shape index (κ2) is 6.83. The lowest BCUT2D eigenvalue weighted by molar-refractivity contribution is 0.0828. The minimum atomic E-state index is -0.629. The standard InChI is InChI=1S/C12H16Cl2N2O2/c1-16(2)12(18)10-5-8(3-4-11(10)14)15-7-9(17)6-13/h3-5,9,15,17H,6-7H2,1-2H3. The summed E-state index contributed by atoms with van der Waals surface area (Å²) in [6.07, 6.45) is -0.629. The molecule has 0 bridgehead atoms. The minimum Gasteiger partial charge on any atom is -0.390 e. The van der Waals surface area contributed by atoms with Crippen LogP contribution in [0, 0.1) is 0 Å². The molecule has 2 N–H and O–H groups in total. The van der Waals surface area contributed by atoms with Crippen molar-refractivity contribution < 1.29 is 9.90 Å². The van der Waals surface area contributed by atoms with Gasteiger partial charge in [0, 0.05) is 26.3 Å². The Morgan fingerprint density at radius 3 is 2.72 bits per heavy atom. The summed E-state index contributed by atoms with van der Waals surface area (Å²) in [6.45, 7) is 0.320.